The number of nitrogens with zero attached hydrogens (tertiary/aromatic N) is 2. The van der Waals surface area contributed by atoms with E-state index in [-0.39, 0.29) is 5.91 Å². The van der Waals surface area contributed by atoms with Crippen molar-refractivity contribution in [3.63, 3.8) is 0 Å². The van der Waals surface area contributed by atoms with E-state index in [1.54, 1.807) is 6.92 Å². The average molecular weight is 258 g/mol. The summed E-state index contributed by atoms with van der Waals surface area (Å²) in [4.78, 5) is 11.7. The Kier molecular flexibility index (Phi) is 3.78. The summed E-state index contributed by atoms with van der Waals surface area (Å²) < 4.78 is 25.4. The molecule has 7 heteroatoms. The number of hydrogen-bond acceptors (Lipinski definition) is 3. The van der Waals surface area contributed by atoms with Crippen LogP contribution >= 0.6 is 0 Å². The maximum absolute atomic E-state index is 12.1. The lowest BCUT2D eigenvalue weighted by Crippen LogP contribution is -2.38. The fourth-order valence-corrected chi connectivity index (χ4v) is 1.55. The van der Waals surface area contributed by atoms with E-state index in [9.17, 15) is 13.6 Å². The average Bonchev–Trinajstić information content (AvgIpc) is 2.99. The van der Waals surface area contributed by atoms with Crippen LogP contribution in [0.1, 0.15) is 19.8 Å². The number of aromatic nitrogens is 2. The predicted molar refractivity (Wildman–Crippen MR) is 62.5 cm³/mol. The summed E-state index contributed by atoms with van der Waals surface area (Å²) >= 11 is 0. The van der Waals surface area contributed by atoms with Gasteiger partial charge in [-0.15, -0.1) is 0 Å². The second-order valence-corrected chi connectivity index (χ2v) is 4.49. The number of hydrogen-bond donors (Lipinski definition) is 2. The molecule has 2 rings (SSSR count). The molecule has 1 fully saturated rings. The highest BCUT2D eigenvalue weighted by Crippen LogP contribution is 2.19. The number of halogens is 2. The number of carbonyl (C=O) groups is 1. The lowest BCUT2D eigenvalue weighted by Gasteiger charge is -2.13. The van der Waals surface area contributed by atoms with Crippen LogP contribution in [-0.4, -0.2) is 34.2 Å². The van der Waals surface area contributed by atoms with Gasteiger partial charge in [-0.3, -0.25) is 9.48 Å². The lowest BCUT2D eigenvalue weighted by atomic mass is 10.3. The Hall–Kier alpha value is -1.66. The molecule has 1 amide bonds. The van der Waals surface area contributed by atoms with E-state index in [2.05, 4.69) is 15.7 Å². The van der Waals surface area contributed by atoms with Crippen LogP contribution in [-0.2, 0) is 11.3 Å². The van der Waals surface area contributed by atoms with Crippen molar-refractivity contribution in [2.24, 2.45) is 0 Å². The molecule has 0 saturated heterocycles. The van der Waals surface area contributed by atoms with E-state index in [1.807, 2.05) is 0 Å². The monoisotopic (exact) mass is 258 g/mol. The van der Waals surface area contributed by atoms with Crippen molar-refractivity contribution in [3.8, 4) is 0 Å². The van der Waals surface area contributed by atoms with Gasteiger partial charge >= 0.3 is 0 Å². The third-order valence-corrected chi connectivity index (χ3v) is 2.66. The zero-order chi connectivity index (χ0) is 13.1. The Morgan fingerprint density at radius 2 is 2.33 bits per heavy atom. The van der Waals surface area contributed by atoms with Gasteiger partial charge in [0.25, 0.3) is 6.43 Å². The first kappa shape index (κ1) is 12.8. The van der Waals surface area contributed by atoms with Crippen molar-refractivity contribution in [2.75, 3.05) is 5.32 Å². The Labute approximate surface area is 104 Å². The standard InChI is InChI=1S/C11H16F2N4O/c1-7(11(18)16-8-2-3-8)15-9-4-14-17(5-9)6-10(12)13/h4-5,7-8,10,15H,2-3,6H2,1H3,(H,16,18)/t7-/m0/s1. The van der Waals surface area contributed by atoms with Crippen molar-refractivity contribution in [1.29, 1.82) is 0 Å². The molecule has 5 nitrogen and oxygen atoms in total. The maximum Gasteiger partial charge on any atom is 0.257 e. The quantitative estimate of drug-likeness (QED) is 0.806. The Morgan fingerprint density at radius 3 is 2.94 bits per heavy atom. The number of anilines is 1. The predicted octanol–water partition coefficient (Wildman–Crippen LogP) is 1.23. The summed E-state index contributed by atoms with van der Waals surface area (Å²) in [6, 6.07) is -0.0990. The van der Waals surface area contributed by atoms with E-state index in [0.717, 1.165) is 17.5 Å². The van der Waals surface area contributed by atoms with Crippen LogP contribution in [0, 0.1) is 0 Å². The summed E-state index contributed by atoms with van der Waals surface area (Å²) in [7, 11) is 0. The van der Waals surface area contributed by atoms with E-state index in [0.29, 0.717) is 11.7 Å². The van der Waals surface area contributed by atoms with E-state index >= 15 is 0 Å². The van der Waals surface area contributed by atoms with Crippen LogP contribution in [0.2, 0.25) is 0 Å². The molecule has 1 aliphatic rings. The minimum atomic E-state index is -2.44. The Morgan fingerprint density at radius 1 is 1.61 bits per heavy atom. The van der Waals surface area contributed by atoms with E-state index in [4.69, 9.17) is 0 Å². The first-order valence-corrected chi connectivity index (χ1v) is 5.92. The number of rotatable bonds is 6. The van der Waals surface area contributed by atoms with E-state index < -0.39 is 19.0 Å². The fraction of sp³-hybridized carbons (Fsp3) is 0.636. The molecule has 0 unspecified atom stereocenters. The summed E-state index contributed by atoms with van der Waals surface area (Å²) in [5.41, 5.74) is 0.564. The number of carbonyl (C=O) groups excluding carboxylic acids is 1. The SMILES string of the molecule is C[C@H](Nc1cnn(CC(F)F)c1)C(=O)NC1CC1. The minimum Gasteiger partial charge on any atom is -0.371 e. The van der Waals surface area contributed by atoms with Crippen LogP contribution in [0.5, 0.6) is 0 Å². The van der Waals surface area contributed by atoms with Crippen molar-refractivity contribution >= 4 is 11.6 Å². The van der Waals surface area contributed by atoms with E-state index in [1.165, 1.54) is 12.4 Å². The third-order valence-electron chi connectivity index (χ3n) is 2.66. The second kappa shape index (κ2) is 5.32. The van der Waals surface area contributed by atoms with Crippen LogP contribution in [0.3, 0.4) is 0 Å². The van der Waals surface area contributed by atoms with Crippen LogP contribution in [0.4, 0.5) is 14.5 Å². The molecule has 18 heavy (non-hydrogen) atoms. The van der Waals surface area contributed by atoms with Gasteiger partial charge in [-0.1, -0.05) is 0 Å². The molecule has 0 bridgehead atoms. The number of nitrogens with one attached hydrogen (secondary N) is 2. The first-order chi connectivity index (χ1) is 8.54. The van der Waals surface area contributed by atoms with Gasteiger partial charge < -0.3 is 10.6 Å². The fourth-order valence-electron chi connectivity index (χ4n) is 1.55. The van der Waals surface area contributed by atoms with Crippen LogP contribution in [0.25, 0.3) is 0 Å². The van der Waals surface area contributed by atoms with Gasteiger partial charge in [0.15, 0.2) is 0 Å². The van der Waals surface area contributed by atoms with Crippen LogP contribution in [0.15, 0.2) is 12.4 Å². The zero-order valence-electron chi connectivity index (χ0n) is 10.1. The molecule has 1 aromatic rings. The summed E-state index contributed by atoms with van der Waals surface area (Å²) in [6.45, 7) is 1.28. The molecular formula is C11H16F2N4O. The Bertz CT molecular complexity index is 417. The van der Waals surface area contributed by atoms with Gasteiger partial charge in [-0.05, 0) is 19.8 Å². The van der Waals surface area contributed by atoms with Gasteiger partial charge in [0.2, 0.25) is 5.91 Å². The normalized spacial score (nSPS) is 16.7. The summed E-state index contributed by atoms with van der Waals surface area (Å²) in [5.74, 6) is -0.0842. The molecule has 100 valence electrons. The molecule has 1 atom stereocenters. The van der Waals surface area contributed by atoms with Gasteiger partial charge in [0.05, 0.1) is 11.9 Å². The van der Waals surface area contributed by atoms with Crippen molar-refractivity contribution < 1.29 is 13.6 Å². The van der Waals surface area contributed by atoms with Gasteiger partial charge in [-0.2, -0.15) is 5.10 Å². The molecule has 2 N–H and O–H groups in total. The lowest BCUT2D eigenvalue weighted by molar-refractivity contribution is -0.121. The highest BCUT2D eigenvalue weighted by atomic mass is 19.3. The molecule has 0 aliphatic heterocycles. The third kappa shape index (κ3) is 3.68. The minimum absolute atomic E-state index is 0.0842. The first-order valence-electron chi connectivity index (χ1n) is 5.92. The molecule has 0 aromatic carbocycles. The molecule has 1 heterocycles. The molecule has 0 spiro atoms. The van der Waals surface area contributed by atoms with Crippen molar-refractivity contribution in [3.05, 3.63) is 12.4 Å². The molecular weight excluding hydrogens is 242 g/mol. The van der Waals surface area contributed by atoms with Gasteiger partial charge in [-0.25, -0.2) is 8.78 Å². The smallest absolute Gasteiger partial charge is 0.257 e. The van der Waals surface area contributed by atoms with Crippen LogP contribution < -0.4 is 10.6 Å². The second-order valence-electron chi connectivity index (χ2n) is 4.49. The number of amides is 1. The molecule has 0 radical (unpaired) electrons. The Balaban J connectivity index is 1.83. The summed E-state index contributed by atoms with van der Waals surface area (Å²) in [5, 5.41) is 9.58. The topological polar surface area (TPSA) is 59.0 Å². The highest BCUT2D eigenvalue weighted by Gasteiger charge is 2.25. The molecule has 1 saturated carbocycles. The maximum atomic E-state index is 12.1. The largest absolute Gasteiger partial charge is 0.371 e. The van der Waals surface area contributed by atoms with Crippen molar-refractivity contribution in [1.82, 2.24) is 15.1 Å². The zero-order valence-corrected chi connectivity index (χ0v) is 10.1. The highest BCUT2D eigenvalue weighted by molar-refractivity contribution is 5.84. The summed E-state index contributed by atoms with van der Waals surface area (Å²) in [6.07, 6.45) is 2.53. The van der Waals surface area contributed by atoms with Crippen molar-refractivity contribution in [2.45, 2.75) is 44.8 Å². The van der Waals surface area contributed by atoms with Gasteiger partial charge in [0.1, 0.15) is 12.6 Å². The number of alkyl halides is 2. The van der Waals surface area contributed by atoms with Gasteiger partial charge in [0, 0.05) is 12.2 Å². The molecule has 1 aromatic heterocycles. The molecule has 1 aliphatic carbocycles.